The quantitative estimate of drug-likeness (QED) is 0.829. The molecular formula is C16H18FN. The fourth-order valence-electron chi connectivity index (χ4n) is 2.22. The van der Waals surface area contributed by atoms with Gasteiger partial charge in [-0.25, -0.2) is 4.39 Å². The Morgan fingerprint density at radius 3 is 2.44 bits per heavy atom. The lowest BCUT2D eigenvalue weighted by Gasteiger charge is -2.18. The second kappa shape index (κ2) is 5.21. The van der Waals surface area contributed by atoms with Crippen LogP contribution in [-0.2, 0) is 0 Å². The average molecular weight is 243 g/mol. The largest absolute Gasteiger partial charge is 0.378 e. The van der Waals surface area contributed by atoms with Crippen molar-refractivity contribution >= 4 is 5.69 Å². The van der Waals surface area contributed by atoms with E-state index in [0.29, 0.717) is 0 Å². The van der Waals surface area contributed by atoms with Crippen LogP contribution in [0.2, 0.25) is 0 Å². The molecule has 0 aliphatic heterocycles. The van der Waals surface area contributed by atoms with Crippen LogP contribution < -0.4 is 5.32 Å². The molecule has 1 nitrogen and oxygen atoms in total. The monoisotopic (exact) mass is 243 g/mol. The molecule has 0 aliphatic rings. The van der Waals surface area contributed by atoms with Crippen molar-refractivity contribution in [3.63, 3.8) is 0 Å². The Hall–Kier alpha value is -1.83. The van der Waals surface area contributed by atoms with Gasteiger partial charge in [0.2, 0.25) is 0 Å². The summed E-state index contributed by atoms with van der Waals surface area (Å²) in [6.07, 6.45) is 0. The van der Waals surface area contributed by atoms with E-state index < -0.39 is 0 Å². The summed E-state index contributed by atoms with van der Waals surface area (Å²) in [7, 11) is 0. The molecule has 18 heavy (non-hydrogen) atoms. The van der Waals surface area contributed by atoms with Crippen LogP contribution in [0.1, 0.15) is 29.7 Å². The lowest BCUT2D eigenvalue weighted by Crippen LogP contribution is -2.08. The lowest BCUT2D eigenvalue weighted by molar-refractivity contribution is 0.626. The van der Waals surface area contributed by atoms with Crippen molar-refractivity contribution in [3.8, 4) is 0 Å². The number of halogens is 1. The summed E-state index contributed by atoms with van der Waals surface area (Å²) in [5.41, 5.74) is 4.22. The van der Waals surface area contributed by atoms with Gasteiger partial charge in [-0.05, 0) is 55.7 Å². The minimum absolute atomic E-state index is 0.160. The van der Waals surface area contributed by atoms with Crippen molar-refractivity contribution in [2.24, 2.45) is 0 Å². The SMILES string of the molecule is Cc1cc(F)cc(NC(C)c2ccccc2C)c1. The van der Waals surface area contributed by atoms with Crippen molar-refractivity contribution in [1.29, 1.82) is 0 Å². The Balaban J connectivity index is 2.21. The number of hydrogen-bond acceptors (Lipinski definition) is 1. The maximum Gasteiger partial charge on any atom is 0.125 e. The third-order valence-electron chi connectivity index (χ3n) is 3.08. The van der Waals surface area contributed by atoms with Crippen LogP contribution in [0.15, 0.2) is 42.5 Å². The first-order chi connectivity index (χ1) is 8.56. The smallest absolute Gasteiger partial charge is 0.125 e. The summed E-state index contributed by atoms with van der Waals surface area (Å²) in [5.74, 6) is -0.200. The molecular weight excluding hydrogens is 225 g/mol. The minimum Gasteiger partial charge on any atom is -0.378 e. The molecule has 2 aromatic carbocycles. The molecule has 2 rings (SSSR count). The van der Waals surface area contributed by atoms with Crippen molar-refractivity contribution in [2.45, 2.75) is 26.8 Å². The van der Waals surface area contributed by atoms with E-state index >= 15 is 0 Å². The fourth-order valence-corrected chi connectivity index (χ4v) is 2.22. The normalized spacial score (nSPS) is 12.2. The highest BCUT2D eigenvalue weighted by Gasteiger charge is 2.08. The van der Waals surface area contributed by atoms with Gasteiger partial charge < -0.3 is 5.32 Å². The van der Waals surface area contributed by atoms with Crippen LogP contribution in [0.5, 0.6) is 0 Å². The summed E-state index contributed by atoms with van der Waals surface area (Å²) in [4.78, 5) is 0. The molecule has 0 radical (unpaired) electrons. The second-order valence-corrected chi connectivity index (χ2v) is 4.74. The van der Waals surface area contributed by atoms with E-state index in [9.17, 15) is 4.39 Å². The highest BCUT2D eigenvalue weighted by Crippen LogP contribution is 2.23. The van der Waals surface area contributed by atoms with Crippen LogP contribution in [-0.4, -0.2) is 0 Å². The topological polar surface area (TPSA) is 12.0 Å². The molecule has 0 fully saturated rings. The van der Waals surface area contributed by atoms with Gasteiger partial charge >= 0.3 is 0 Å². The molecule has 1 atom stereocenters. The van der Waals surface area contributed by atoms with E-state index in [0.717, 1.165) is 11.3 Å². The standard InChI is InChI=1S/C16H18FN/c1-11-8-14(17)10-15(9-11)18-13(3)16-7-5-4-6-12(16)2/h4-10,13,18H,1-3H3. The molecule has 94 valence electrons. The number of hydrogen-bond donors (Lipinski definition) is 1. The van der Waals surface area contributed by atoms with E-state index in [4.69, 9.17) is 0 Å². The zero-order chi connectivity index (χ0) is 13.1. The van der Waals surface area contributed by atoms with Gasteiger partial charge in [-0.2, -0.15) is 0 Å². The molecule has 0 saturated carbocycles. The van der Waals surface area contributed by atoms with Gasteiger partial charge in [0, 0.05) is 11.7 Å². The molecule has 0 saturated heterocycles. The summed E-state index contributed by atoms with van der Waals surface area (Å²) >= 11 is 0. The molecule has 0 spiro atoms. The predicted molar refractivity (Wildman–Crippen MR) is 74.4 cm³/mol. The Bertz CT molecular complexity index is 528. The maximum atomic E-state index is 13.3. The van der Waals surface area contributed by atoms with Crippen molar-refractivity contribution < 1.29 is 4.39 Å². The van der Waals surface area contributed by atoms with Crippen LogP contribution in [0.3, 0.4) is 0 Å². The Kier molecular flexibility index (Phi) is 3.66. The summed E-state index contributed by atoms with van der Waals surface area (Å²) in [6, 6.07) is 13.4. The Labute approximate surface area is 108 Å². The van der Waals surface area contributed by atoms with Crippen molar-refractivity contribution in [1.82, 2.24) is 0 Å². The van der Waals surface area contributed by atoms with Gasteiger partial charge in [0.25, 0.3) is 0 Å². The molecule has 1 unspecified atom stereocenters. The van der Waals surface area contributed by atoms with Gasteiger partial charge in [0.1, 0.15) is 5.82 Å². The van der Waals surface area contributed by atoms with Crippen LogP contribution in [0, 0.1) is 19.7 Å². The van der Waals surface area contributed by atoms with E-state index in [1.165, 1.54) is 23.3 Å². The molecule has 0 amide bonds. The molecule has 0 aliphatic carbocycles. The second-order valence-electron chi connectivity index (χ2n) is 4.74. The Morgan fingerprint density at radius 2 is 1.78 bits per heavy atom. The number of rotatable bonds is 3. The molecule has 0 aromatic heterocycles. The third kappa shape index (κ3) is 2.89. The zero-order valence-electron chi connectivity index (χ0n) is 11.0. The fraction of sp³-hybridized carbons (Fsp3) is 0.250. The number of anilines is 1. The first kappa shape index (κ1) is 12.6. The number of nitrogens with one attached hydrogen (secondary N) is 1. The number of benzene rings is 2. The predicted octanol–water partition coefficient (Wildman–Crippen LogP) is 4.62. The highest BCUT2D eigenvalue weighted by molar-refractivity contribution is 5.48. The van der Waals surface area contributed by atoms with Gasteiger partial charge in [-0.15, -0.1) is 0 Å². The minimum atomic E-state index is -0.200. The van der Waals surface area contributed by atoms with E-state index in [-0.39, 0.29) is 11.9 Å². The third-order valence-corrected chi connectivity index (χ3v) is 3.08. The first-order valence-corrected chi connectivity index (χ1v) is 6.15. The molecule has 2 heteroatoms. The van der Waals surface area contributed by atoms with Gasteiger partial charge in [0.05, 0.1) is 0 Å². The Morgan fingerprint density at radius 1 is 1.06 bits per heavy atom. The van der Waals surface area contributed by atoms with Crippen LogP contribution >= 0.6 is 0 Å². The van der Waals surface area contributed by atoms with E-state index in [1.54, 1.807) is 0 Å². The maximum absolute atomic E-state index is 13.3. The van der Waals surface area contributed by atoms with Gasteiger partial charge in [0.15, 0.2) is 0 Å². The first-order valence-electron chi connectivity index (χ1n) is 6.15. The van der Waals surface area contributed by atoms with Crippen LogP contribution in [0.25, 0.3) is 0 Å². The zero-order valence-corrected chi connectivity index (χ0v) is 11.0. The summed E-state index contributed by atoms with van der Waals surface area (Å²) < 4.78 is 13.3. The highest BCUT2D eigenvalue weighted by atomic mass is 19.1. The summed E-state index contributed by atoms with van der Waals surface area (Å²) in [6.45, 7) is 6.07. The van der Waals surface area contributed by atoms with E-state index in [2.05, 4.69) is 31.3 Å². The van der Waals surface area contributed by atoms with E-state index in [1.807, 2.05) is 25.1 Å². The average Bonchev–Trinajstić information content (AvgIpc) is 2.27. The lowest BCUT2D eigenvalue weighted by atomic mass is 10.0. The van der Waals surface area contributed by atoms with Crippen molar-refractivity contribution in [2.75, 3.05) is 5.32 Å². The van der Waals surface area contributed by atoms with Crippen LogP contribution in [0.4, 0.5) is 10.1 Å². The molecule has 0 heterocycles. The van der Waals surface area contributed by atoms with Gasteiger partial charge in [-0.1, -0.05) is 24.3 Å². The number of aryl methyl sites for hydroxylation is 2. The summed E-state index contributed by atoms with van der Waals surface area (Å²) in [5, 5.41) is 3.34. The van der Waals surface area contributed by atoms with Gasteiger partial charge in [-0.3, -0.25) is 0 Å². The molecule has 0 bridgehead atoms. The van der Waals surface area contributed by atoms with Crippen molar-refractivity contribution in [3.05, 3.63) is 65.0 Å². The molecule has 2 aromatic rings. The molecule has 1 N–H and O–H groups in total.